The van der Waals surface area contributed by atoms with Crippen molar-refractivity contribution in [2.75, 3.05) is 33.0 Å². The molecule has 1 aliphatic heterocycles. The van der Waals surface area contributed by atoms with Gasteiger partial charge in [0.2, 0.25) is 0 Å². The third-order valence-electron chi connectivity index (χ3n) is 5.04. The first-order valence-corrected chi connectivity index (χ1v) is 11.2. The minimum Gasteiger partial charge on any atom is -0.482 e. The first-order valence-electron chi connectivity index (χ1n) is 11.2. The maximum Gasteiger partial charge on any atom is 1.00 e. The van der Waals surface area contributed by atoms with Gasteiger partial charge in [-0.25, -0.2) is 0 Å². The Kier molecular flexibility index (Phi) is 10.3. The van der Waals surface area contributed by atoms with Gasteiger partial charge in [0.1, 0.15) is 5.76 Å². The maximum absolute atomic E-state index is 5.81. The number of furan rings is 1. The van der Waals surface area contributed by atoms with Crippen molar-refractivity contribution in [3.8, 4) is 17.1 Å². The minimum absolute atomic E-state index is 0. The number of fused-ring (bicyclic) bond motifs is 1. The van der Waals surface area contributed by atoms with Crippen LogP contribution in [0, 0.1) is 26.8 Å². The molecule has 0 bridgehead atoms. The van der Waals surface area contributed by atoms with E-state index in [4.69, 9.17) is 13.9 Å². The molecule has 178 valence electrons. The number of nitrogens with zero attached hydrogens (tertiary/aromatic N) is 3. The molecule has 0 saturated carbocycles. The van der Waals surface area contributed by atoms with Gasteiger partial charge in [0.15, 0.2) is 0 Å². The summed E-state index contributed by atoms with van der Waals surface area (Å²) in [5.41, 5.74) is 4.53. The molecule has 4 heterocycles. The van der Waals surface area contributed by atoms with Crippen LogP contribution >= 0.6 is 0 Å². The van der Waals surface area contributed by atoms with Crippen LogP contribution in [-0.2, 0) is 14.2 Å². The van der Waals surface area contributed by atoms with Crippen LogP contribution in [0.15, 0.2) is 59.2 Å². The minimum atomic E-state index is -0.0476. The zero-order valence-corrected chi connectivity index (χ0v) is 20.3. The van der Waals surface area contributed by atoms with E-state index in [-0.39, 0.29) is 25.0 Å². The van der Waals surface area contributed by atoms with E-state index in [1.54, 1.807) is 10.7 Å². The fourth-order valence-corrected chi connectivity index (χ4v) is 3.40. The predicted octanol–water partition coefficient (Wildman–Crippen LogP) is 1.89. The van der Waals surface area contributed by atoms with Gasteiger partial charge in [0.05, 0.1) is 31.6 Å². The summed E-state index contributed by atoms with van der Waals surface area (Å²) in [6.07, 6.45) is 5.69. The van der Waals surface area contributed by atoms with Crippen LogP contribution in [-0.4, -0.2) is 53.9 Å². The van der Waals surface area contributed by atoms with Crippen LogP contribution in [0.3, 0.4) is 0 Å². The molecule has 0 N–H and O–H groups in total. The maximum atomic E-state index is 5.81. The monoisotopic (exact) mass is 465 g/mol. The van der Waals surface area contributed by atoms with Gasteiger partial charge < -0.3 is 37.5 Å². The van der Waals surface area contributed by atoms with Crippen molar-refractivity contribution in [2.24, 2.45) is 0 Å². The zero-order chi connectivity index (χ0) is 23.8. The number of ether oxygens (including phenoxy) is 3. The first kappa shape index (κ1) is 26.9. The molecule has 0 aliphatic carbocycles. The van der Waals surface area contributed by atoms with Crippen LogP contribution in [0.2, 0.25) is 0 Å². The van der Waals surface area contributed by atoms with Crippen molar-refractivity contribution in [1.29, 1.82) is 0 Å². The van der Waals surface area contributed by atoms with Crippen LogP contribution in [0.4, 0.5) is 0 Å². The van der Waals surface area contributed by atoms with Gasteiger partial charge in [-0.2, -0.15) is 5.10 Å². The van der Waals surface area contributed by atoms with Crippen molar-refractivity contribution >= 4 is 17.2 Å². The number of benzene rings is 1. The molecule has 7 nitrogen and oxygen atoms in total. The normalized spacial score (nSPS) is 15.6. The smallest absolute Gasteiger partial charge is 0.482 e. The Balaban J connectivity index is 0.000000521. The average molecular weight is 465 g/mol. The van der Waals surface area contributed by atoms with Crippen LogP contribution in [0.1, 0.15) is 11.3 Å². The van der Waals surface area contributed by atoms with E-state index in [0.717, 1.165) is 16.8 Å². The van der Waals surface area contributed by atoms with E-state index in [1.807, 2.05) is 36.5 Å². The van der Waals surface area contributed by atoms with Gasteiger partial charge in [0.25, 0.3) is 0 Å². The Labute approximate surface area is 218 Å². The fraction of sp³-hybridized carbons (Fsp3) is 0.259. The van der Waals surface area contributed by atoms with E-state index in [0.29, 0.717) is 50.2 Å². The molecule has 1 aromatic carbocycles. The molecule has 0 spiro atoms. The standard InChI is InChI=1S/C23H20N3O3.C4H8O.Li/c1-16-3-2-4-17(13-16)20-9-10-26(25-20)23-8-7-22-21(24-23)14-18(29-22)5-6-19-15-27-11-12-28-19;1-3-5-4-2;/h2-6,8-10,13-14,19H,11-12,15H2,1H3;1-4H2;/q-1;-2;+1/b6-5+;;/t19-;;/m0../s1. The number of rotatable bonds is 6. The number of hydrogen-bond donors (Lipinski definition) is 0. The Morgan fingerprint density at radius 3 is 2.77 bits per heavy atom. The molecule has 35 heavy (non-hydrogen) atoms. The van der Waals surface area contributed by atoms with Gasteiger partial charge >= 0.3 is 18.9 Å². The molecule has 5 rings (SSSR count). The summed E-state index contributed by atoms with van der Waals surface area (Å²) in [6.45, 7) is 11.8. The number of pyridine rings is 1. The van der Waals surface area contributed by atoms with E-state index in [2.05, 4.69) is 59.9 Å². The van der Waals surface area contributed by atoms with E-state index in [1.165, 1.54) is 5.56 Å². The quantitative estimate of drug-likeness (QED) is 0.320. The van der Waals surface area contributed by atoms with Crippen molar-refractivity contribution < 1.29 is 37.5 Å². The largest absolute Gasteiger partial charge is 1.00 e. The Morgan fingerprint density at radius 2 is 2.06 bits per heavy atom. The van der Waals surface area contributed by atoms with E-state index in [9.17, 15) is 0 Å². The third kappa shape index (κ3) is 7.41. The molecule has 1 atom stereocenters. The molecule has 0 radical (unpaired) electrons. The van der Waals surface area contributed by atoms with Crippen LogP contribution in [0.5, 0.6) is 0 Å². The summed E-state index contributed by atoms with van der Waals surface area (Å²) in [5, 5.41) is 4.66. The second-order valence-electron chi connectivity index (χ2n) is 7.59. The third-order valence-corrected chi connectivity index (χ3v) is 5.04. The number of aromatic nitrogens is 3. The molecule has 0 amide bonds. The molecule has 4 aromatic rings. The van der Waals surface area contributed by atoms with Crippen LogP contribution < -0.4 is 18.9 Å². The molecule has 3 aromatic heterocycles. The summed E-state index contributed by atoms with van der Waals surface area (Å²) in [4.78, 5) is 4.67. The average Bonchev–Trinajstić information content (AvgIpc) is 3.51. The SMILES string of the molecule is Cc1cccc(-c2ccn(-c3c[c-]c4oc(/C=C/[C@H]5COCCO5)cc4n3)n2)c1.[CH2-]COC[CH2-].[Li+]. The van der Waals surface area contributed by atoms with Crippen molar-refractivity contribution in [3.05, 3.63) is 86.0 Å². The molecule has 1 aliphatic rings. The molecule has 0 unspecified atom stereocenters. The summed E-state index contributed by atoms with van der Waals surface area (Å²) in [7, 11) is 0. The molecule has 8 heteroatoms. The number of aryl methyl sites for hydroxylation is 1. The Bertz CT molecular complexity index is 1230. The summed E-state index contributed by atoms with van der Waals surface area (Å²) < 4.78 is 23.2. The van der Waals surface area contributed by atoms with Crippen LogP contribution in [0.25, 0.3) is 34.3 Å². The van der Waals surface area contributed by atoms with Gasteiger partial charge in [-0.1, -0.05) is 37.0 Å². The Morgan fingerprint density at radius 1 is 1.20 bits per heavy atom. The van der Waals surface area contributed by atoms with Gasteiger partial charge in [-0.05, 0) is 42.8 Å². The molecular weight excluding hydrogens is 437 g/mol. The second-order valence-corrected chi connectivity index (χ2v) is 7.59. The molecule has 1 fully saturated rings. The summed E-state index contributed by atoms with van der Waals surface area (Å²) in [6, 6.07) is 17.1. The number of hydrogen-bond acceptors (Lipinski definition) is 6. The van der Waals surface area contributed by atoms with E-state index < -0.39 is 0 Å². The first-order chi connectivity index (χ1) is 16.7. The summed E-state index contributed by atoms with van der Waals surface area (Å²) in [5.74, 6) is 1.40. The second kappa shape index (κ2) is 13.4. The topological polar surface area (TPSA) is 71.5 Å². The van der Waals surface area contributed by atoms with Gasteiger partial charge in [0, 0.05) is 23.2 Å². The zero-order valence-electron chi connectivity index (χ0n) is 20.3. The van der Waals surface area contributed by atoms with Crippen molar-refractivity contribution in [3.63, 3.8) is 0 Å². The van der Waals surface area contributed by atoms with Gasteiger partial charge in [-0.3, -0.25) is 4.68 Å². The fourth-order valence-electron chi connectivity index (χ4n) is 3.40. The molecular formula is C27H28LiN3O4-2. The van der Waals surface area contributed by atoms with Crippen molar-refractivity contribution in [1.82, 2.24) is 14.8 Å². The van der Waals surface area contributed by atoms with Gasteiger partial charge in [-0.15, -0.1) is 12.1 Å². The Hall–Kier alpha value is -2.66. The van der Waals surface area contributed by atoms with Crippen molar-refractivity contribution in [2.45, 2.75) is 13.0 Å². The summed E-state index contributed by atoms with van der Waals surface area (Å²) >= 11 is 0. The molecule has 1 saturated heterocycles. The predicted molar refractivity (Wildman–Crippen MR) is 131 cm³/mol. The van der Waals surface area contributed by atoms with E-state index >= 15 is 0 Å².